The largest absolute Gasteiger partial charge is 0.489 e. The van der Waals surface area contributed by atoms with Crippen LogP contribution in [0.3, 0.4) is 0 Å². The highest BCUT2D eigenvalue weighted by Gasteiger charge is 2.06. The normalized spacial score (nSPS) is 10.2. The Labute approximate surface area is 129 Å². The molecular formula is C18H19BrO. The van der Waals surface area contributed by atoms with Gasteiger partial charge in [-0.1, -0.05) is 51.8 Å². The Morgan fingerprint density at radius 1 is 1.00 bits per heavy atom. The molecule has 2 rings (SSSR count). The van der Waals surface area contributed by atoms with Crippen molar-refractivity contribution in [3.05, 3.63) is 69.7 Å². The van der Waals surface area contributed by atoms with Crippen LogP contribution in [0.1, 0.15) is 31.9 Å². The van der Waals surface area contributed by atoms with Crippen molar-refractivity contribution in [2.45, 2.75) is 27.4 Å². The molecule has 1 nitrogen and oxygen atoms in total. The molecule has 0 fully saturated rings. The van der Waals surface area contributed by atoms with E-state index in [2.05, 4.69) is 54.9 Å². The van der Waals surface area contributed by atoms with Gasteiger partial charge >= 0.3 is 0 Å². The molecule has 2 heteroatoms. The van der Waals surface area contributed by atoms with Crippen molar-refractivity contribution in [1.82, 2.24) is 0 Å². The van der Waals surface area contributed by atoms with Crippen LogP contribution in [0.25, 0.3) is 5.57 Å². The molecule has 104 valence electrons. The molecule has 0 bridgehead atoms. The Morgan fingerprint density at radius 3 is 2.35 bits per heavy atom. The minimum atomic E-state index is 0.593. The molecule has 0 aromatic heterocycles. The topological polar surface area (TPSA) is 9.23 Å². The highest BCUT2D eigenvalue weighted by molar-refractivity contribution is 9.10. The summed E-state index contributed by atoms with van der Waals surface area (Å²) in [6.07, 6.45) is 0. The van der Waals surface area contributed by atoms with Crippen LogP contribution in [0.5, 0.6) is 5.75 Å². The minimum absolute atomic E-state index is 0.593. The third kappa shape index (κ3) is 3.73. The monoisotopic (exact) mass is 330 g/mol. The predicted molar refractivity (Wildman–Crippen MR) is 88.9 cm³/mol. The fraction of sp³-hybridized carbons (Fsp3) is 0.222. The minimum Gasteiger partial charge on any atom is -0.489 e. The van der Waals surface area contributed by atoms with Gasteiger partial charge in [0, 0.05) is 4.47 Å². The molecular weight excluding hydrogens is 312 g/mol. The maximum absolute atomic E-state index is 5.87. The third-order valence-corrected chi connectivity index (χ3v) is 4.03. The molecule has 0 N–H and O–H groups in total. The van der Waals surface area contributed by atoms with E-state index >= 15 is 0 Å². The second-order valence-corrected chi connectivity index (χ2v) is 5.90. The van der Waals surface area contributed by atoms with Gasteiger partial charge in [0.05, 0.1) is 0 Å². The van der Waals surface area contributed by atoms with Crippen molar-refractivity contribution in [2.75, 3.05) is 0 Å². The molecule has 0 radical (unpaired) electrons. The lowest BCUT2D eigenvalue weighted by molar-refractivity contribution is 0.306. The Morgan fingerprint density at radius 2 is 1.70 bits per heavy atom. The van der Waals surface area contributed by atoms with Gasteiger partial charge in [-0.2, -0.15) is 0 Å². The quantitative estimate of drug-likeness (QED) is 0.684. The van der Waals surface area contributed by atoms with Crippen LogP contribution in [0, 0.1) is 0 Å². The molecule has 0 amide bonds. The highest BCUT2D eigenvalue weighted by atomic mass is 79.9. The summed E-state index contributed by atoms with van der Waals surface area (Å²) in [5, 5.41) is 0. The highest BCUT2D eigenvalue weighted by Crippen LogP contribution is 2.30. The summed E-state index contributed by atoms with van der Waals surface area (Å²) in [7, 11) is 0. The van der Waals surface area contributed by atoms with Crippen molar-refractivity contribution < 1.29 is 4.74 Å². The second kappa shape index (κ2) is 6.76. The molecule has 0 atom stereocenters. The lowest BCUT2D eigenvalue weighted by atomic mass is 10.0. The standard InChI is InChI=1S/C18H19BrO/c1-13(2)14(3)17-11-16(9-10-18(17)19)20-12-15-7-5-4-6-8-15/h4-11H,12H2,1-3H3. The molecule has 2 aromatic carbocycles. The zero-order chi connectivity index (χ0) is 14.5. The SMILES string of the molecule is CC(C)=C(C)c1cc(OCc2ccccc2)ccc1Br. The summed E-state index contributed by atoms with van der Waals surface area (Å²) in [4.78, 5) is 0. The summed E-state index contributed by atoms with van der Waals surface area (Å²) in [5.74, 6) is 0.896. The number of rotatable bonds is 4. The molecule has 0 aliphatic rings. The van der Waals surface area contributed by atoms with Crippen LogP contribution < -0.4 is 4.74 Å². The fourth-order valence-corrected chi connectivity index (χ4v) is 2.44. The summed E-state index contributed by atoms with van der Waals surface area (Å²) in [5.41, 5.74) is 4.96. The Hall–Kier alpha value is -1.54. The zero-order valence-electron chi connectivity index (χ0n) is 12.1. The molecule has 0 spiro atoms. The number of allylic oxidation sites excluding steroid dienone is 2. The number of hydrogen-bond acceptors (Lipinski definition) is 1. The van der Waals surface area contributed by atoms with E-state index in [-0.39, 0.29) is 0 Å². The number of benzene rings is 2. The molecule has 0 saturated carbocycles. The van der Waals surface area contributed by atoms with Gasteiger partial charge in [0.25, 0.3) is 0 Å². The van der Waals surface area contributed by atoms with Crippen LogP contribution in [0.15, 0.2) is 58.6 Å². The Kier molecular flexibility index (Phi) is 5.02. The van der Waals surface area contributed by atoms with Gasteiger partial charge in [0.15, 0.2) is 0 Å². The molecule has 0 unspecified atom stereocenters. The van der Waals surface area contributed by atoms with Crippen molar-refractivity contribution in [3.8, 4) is 5.75 Å². The van der Waals surface area contributed by atoms with Crippen molar-refractivity contribution in [1.29, 1.82) is 0 Å². The first kappa shape index (κ1) is 14.9. The van der Waals surface area contributed by atoms with Gasteiger partial charge in [-0.25, -0.2) is 0 Å². The van der Waals surface area contributed by atoms with E-state index in [1.165, 1.54) is 22.3 Å². The molecule has 0 heterocycles. The van der Waals surface area contributed by atoms with Crippen LogP contribution in [0.4, 0.5) is 0 Å². The summed E-state index contributed by atoms with van der Waals surface area (Å²) < 4.78 is 6.97. The number of halogens is 1. The van der Waals surface area contributed by atoms with Crippen molar-refractivity contribution in [3.63, 3.8) is 0 Å². The first-order valence-electron chi connectivity index (χ1n) is 6.68. The number of hydrogen-bond donors (Lipinski definition) is 0. The van der Waals surface area contributed by atoms with Gasteiger partial charge in [-0.3, -0.25) is 0 Å². The van der Waals surface area contributed by atoms with Gasteiger partial charge in [0.1, 0.15) is 12.4 Å². The fourth-order valence-electron chi connectivity index (χ4n) is 1.89. The van der Waals surface area contributed by atoms with Crippen molar-refractivity contribution >= 4 is 21.5 Å². The van der Waals surface area contributed by atoms with E-state index in [1.807, 2.05) is 30.3 Å². The second-order valence-electron chi connectivity index (χ2n) is 5.04. The van der Waals surface area contributed by atoms with Crippen LogP contribution >= 0.6 is 15.9 Å². The van der Waals surface area contributed by atoms with Gasteiger partial charge < -0.3 is 4.74 Å². The van der Waals surface area contributed by atoms with E-state index in [0.717, 1.165) is 10.2 Å². The molecule has 0 aliphatic carbocycles. The lowest BCUT2D eigenvalue weighted by Crippen LogP contribution is -1.96. The predicted octanol–water partition coefficient (Wildman–Crippen LogP) is 5.84. The Bertz CT molecular complexity index is 611. The van der Waals surface area contributed by atoms with E-state index in [4.69, 9.17) is 4.74 Å². The van der Waals surface area contributed by atoms with Crippen LogP contribution in [0.2, 0.25) is 0 Å². The summed E-state index contributed by atoms with van der Waals surface area (Å²) >= 11 is 3.61. The third-order valence-electron chi connectivity index (χ3n) is 3.34. The first-order chi connectivity index (χ1) is 9.58. The van der Waals surface area contributed by atoms with Crippen molar-refractivity contribution in [2.24, 2.45) is 0 Å². The first-order valence-corrected chi connectivity index (χ1v) is 7.48. The molecule has 0 aliphatic heterocycles. The number of ether oxygens (including phenoxy) is 1. The lowest BCUT2D eigenvalue weighted by Gasteiger charge is -2.11. The zero-order valence-corrected chi connectivity index (χ0v) is 13.7. The molecule has 20 heavy (non-hydrogen) atoms. The van der Waals surface area contributed by atoms with Gasteiger partial charge in [0.2, 0.25) is 0 Å². The van der Waals surface area contributed by atoms with Gasteiger partial charge in [-0.05, 0) is 55.7 Å². The summed E-state index contributed by atoms with van der Waals surface area (Å²) in [6.45, 7) is 6.98. The Balaban J connectivity index is 2.18. The smallest absolute Gasteiger partial charge is 0.120 e. The van der Waals surface area contributed by atoms with E-state index < -0.39 is 0 Å². The maximum atomic E-state index is 5.87. The maximum Gasteiger partial charge on any atom is 0.120 e. The molecule has 2 aromatic rings. The van der Waals surface area contributed by atoms with E-state index in [1.54, 1.807) is 0 Å². The van der Waals surface area contributed by atoms with E-state index in [0.29, 0.717) is 6.61 Å². The van der Waals surface area contributed by atoms with Gasteiger partial charge in [-0.15, -0.1) is 0 Å². The summed E-state index contributed by atoms with van der Waals surface area (Å²) in [6, 6.07) is 16.3. The molecule has 0 saturated heterocycles. The van der Waals surface area contributed by atoms with Crippen LogP contribution in [-0.2, 0) is 6.61 Å². The van der Waals surface area contributed by atoms with E-state index in [9.17, 15) is 0 Å². The average Bonchev–Trinajstić information content (AvgIpc) is 2.46. The average molecular weight is 331 g/mol. The van der Waals surface area contributed by atoms with Crippen LogP contribution in [-0.4, -0.2) is 0 Å².